The lowest BCUT2D eigenvalue weighted by atomic mass is 10.2. The van der Waals surface area contributed by atoms with Crippen molar-refractivity contribution in [1.29, 1.82) is 0 Å². The highest BCUT2D eigenvalue weighted by atomic mass is 79.9. The number of nitrogens with zero attached hydrogens (tertiary/aromatic N) is 4. The third kappa shape index (κ3) is 4.84. The minimum atomic E-state index is -3.61. The average Bonchev–Trinajstić information content (AvgIpc) is 3.20. The van der Waals surface area contributed by atoms with E-state index in [1.807, 2.05) is 24.3 Å². The van der Waals surface area contributed by atoms with Gasteiger partial charge >= 0.3 is 0 Å². The van der Waals surface area contributed by atoms with Crippen LogP contribution >= 0.6 is 15.9 Å². The molecule has 0 aliphatic heterocycles. The summed E-state index contributed by atoms with van der Waals surface area (Å²) in [7, 11) is -2.02. The highest BCUT2D eigenvalue weighted by Gasteiger charge is 2.14. The molecule has 2 aromatic carbocycles. The second-order valence-corrected chi connectivity index (χ2v) is 9.08. The van der Waals surface area contributed by atoms with Crippen molar-refractivity contribution in [2.24, 2.45) is 0 Å². The molecule has 0 saturated carbocycles. The normalized spacial score (nSPS) is 11.5. The highest BCUT2D eigenvalue weighted by Crippen LogP contribution is 2.23. The predicted octanol–water partition coefficient (Wildman–Crippen LogP) is 2.92. The van der Waals surface area contributed by atoms with Gasteiger partial charge in [-0.15, -0.1) is 15.3 Å². The lowest BCUT2D eigenvalue weighted by Crippen LogP contribution is -2.28. The van der Waals surface area contributed by atoms with Gasteiger partial charge in [-0.3, -0.25) is 0 Å². The highest BCUT2D eigenvalue weighted by molar-refractivity contribution is 9.10. The Hall–Kier alpha value is -3.02. The molecule has 0 amide bonds. The Morgan fingerprint density at radius 3 is 2.65 bits per heavy atom. The molecule has 0 bridgehead atoms. The summed E-state index contributed by atoms with van der Waals surface area (Å²) in [5.41, 5.74) is 1.35. The molecule has 4 rings (SSSR count). The first-order chi connectivity index (χ1) is 15.0. The van der Waals surface area contributed by atoms with E-state index in [9.17, 15) is 8.42 Å². The zero-order chi connectivity index (χ0) is 21.8. The zero-order valence-electron chi connectivity index (χ0n) is 16.4. The van der Waals surface area contributed by atoms with Crippen LogP contribution < -0.4 is 14.2 Å². The number of sulfonamides is 1. The molecule has 1 N–H and O–H groups in total. The number of fused-ring (bicyclic) bond motifs is 1. The van der Waals surface area contributed by atoms with Crippen molar-refractivity contribution in [3.05, 3.63) is 65.1 Å². The molecule has 0 saturated heterocycles. The molecule has 2 aromatic heterocycles. The van der Waals surface area contributed by atoms with E-state index >= 15 is 0 Å². The minimum Gasteiger partial charge on any atom is -0.497 e. The van der Waals surface area contributed by atoms with Gasteiger partial charge in [-0.2, -0.15) is 4.52 Å². The molecular weight excluding hydrogens is 486 g/mol. The summed E-state index contributed by atoms with van der Waals surface area (Å²) < 4.78 is 40.4. The maximum absolute atomic E-state index is 12.3. The molecule has 0 unspecified atom stereocenters. The van der Waals surface area contributed by atoms with Gasteiger partial charge in [-0.1, -0.05) is 28.1 Å². The van der Waals surface area contributed by atoms with Gasteiger partial charge in [-0.05, 0) is 42.5 Å². The fourth-order valence-electron chi connectivity index (χ4n) is 2.82. The molecule has 0 radical (unpaired) electrons. The monoisotopic (exact) mass is 503 g/mol. The topological polar surface area (TPSA) is 108 Å². The number of aromatic nitrogens is 4. The van der Waals surface area contributed by atoms with Crippen molar-refractivity contribution in [3.63, 3.8) is 0 Å². The number of ether oxygens (including phenoxy) is 2. The third-order valence-electron chi connectivity index (χ3n) is 4.33. The average molecular weight is 504 g/mol. The first-order valence-electron chi connectivity index (χ1n) is 9.21. The van der Waals surface area contributed by atoms with Gasteiger partial charge in [0.2, 0.25) is 15.9 Å². The fourth-order valence-corrected chi connectivity index (χ4v) is 4.10. The van der Waals surface area contributed by atoms with Crippen molar-refractivity contribution in [3.8, 4) is 23.0 Å². The molecule has 0 aliphatic carbocycles. The van der Waals surface area contributed by atoms with E-state index in [1.54, 1.807) is 35.9 Å². The third-order valence-corrected chi connectivity index (χ3v) is 6.34. The second-order valence-electron chi connectivity index (χ2n) is 6.40. The Morgan fingerprint density at radius 1 is 1.06 bits per heavy atom. The van der Waals surface area contributed by atoms with E-state index in [0.717, 1.165) is 10.0 Å². The number of nitrogens with one attached hydrogen (secondary N) is 1. The molecule has 11 heteroatoms. The van der Waals surface area contributed by atoms with Gasteiger partial charge < -0.3 is 9.47 Å². The van der Waals surface area contributed by atoms with Crippen LogP contribution in [0.1, 0.15) is 0 Å². The molecular formula is C20H18BrN5O4S. The number of hydrogen-bond acceptors (Lipinski definition) is 7. The standard InChI is InChI=1S/C20H18BrN5O4S/c1-29-16-4-2-3-14(13-16)20-24-23-18-9-10-19(25-26(18)20)30-12-11-22-31(27,28)17-7-5-15(21)6-8-17/h2-10,13,22H,11-12H2,1H3. The lowest BCUT2D eigenvalue weighted by molar-refractivity contribution is 0.306. The van der Waals surface area contributed by atoms with E-state index in [0.29, 0.717) is 23.1 Å². The Labute approximate surface area is 187 Å². The van der Waals surface area contributed by atoms with Crippen LogP contribution in [0.5, 0.6) is 11.6 Å². The van der Waals surface area contributed by atoms with Gasteiger partial charge in [-0.25, -0.2) is 13.1 Å². The van der Waals surface area contributed by atoms with Crippen LogP contribution in [0.25, 0.3) is 17.0 Å². The maximum Gasteiger partial charge on any atom is 0.240 e. The summed E-state index contributed by atoms with van der Waals surface area (Å²) >= 11 is 3.28. The van der Waals surface area contributed by atoms with E-state index in [2.05, 4.69) is 35.9 Å². The molecule has 31 heavy (non-hydrogen) atoms. The second kappa shape index (κ2) is 9.00. The molecule has 4 aromatic rings. The molecule has 0 fully saturated rings. The maximum atomic E-state index is 12.3. The molecule has 9 nitrogen and oxygen atoms in total. The van der Waals surface area contributed by atoms with Crippen LogP contribution in [-0.4, -0.2) is 48.5 Å². The quantitative estimate of drug-likeness (QED) is 0.368. The summed E-state index contributed by atoms with van der Waals surface area (Å²) in [4.78, 5) is 0.183. The molecule has 0 spiro atoms. The van der Waals surface area contributed by atoms with Crippen LogP contribution in [0.3, 0.4) is 0 Å². The number of rotatable bonds is 8. The predicted molar refractivity (Wildman–Crippen MR) is 118 cm³/mol. The summed E-state index contributed by atoms with van der Waals surface area (Å²) in [5.74, 6) is 1.55. The van der Waals surface area contributed by atoms with E-state index < -0.39 is 10.0 Å². The van der Waals surface area contributed by atoms with Gasteiger partial charge in [0, 0.05) is 22.6 Å². The van der Waals surface area contributed by atoms with Crippen LogP contribution in [0, 0.1) is 0 Å². The van der Waals surface area contributed by atoms with Crippen molar-refractivity contribution < 1.29 is 17.9 Å². The van der Waals surface area contributed by atoms with Gasteiger partial charge in [0.05, 0.1) is 12.0 Å². The molecule has 0 aliphatic rings. The SMILES string of the molecule is COc1cccc(-c2nnc3ccc(OCCNS(=O)(=O)c4ccc(Br)cc4)nn23)c1. The first kappa shape index (κ1) is 21.2. The van der Waals surface area contributed by atoms with Crippen LogP contribution in [0.2, 0.25) is 0 Å². The van der Waals surface area contributed by atoms with Crippen molar-refractivity contribution in [2.45, 2.75) is 4.90 Å². The number of halogens is 1. The molecule has 160 valence electrons. The van der Waals surface area contributed by atoms with E-state index in [-0.39, 0.29) is 18.0 Å². The van der Waals surface area contributed by atoms with Crippen LogP contribution in [-0.2, 0) is 10.0 Å². The van der Waals surface area contributed by atoms with Crippen molar-refractivity contribution >= 4 is 31.6 Å². The zero-order valence-corrected chi connectivity index (χ0v) is 18.8. The molecule has 0 atom stereocenters. The van der Waals surface area contributed by atoms with Crippen molar-refractivity contribution in [1.82, 2.24) is 24.5 Å². The summed E-state index contributed by atoms with van der Waals surface area (Å²) in [5, 5.41) is 12.7. The fraction of sp³-hybridized carbons (Fsp3) is 0.150. The Balaban J connectivity index is 1.44. The minimum absolute atomic E-state index is 0.0863. The van der Waals surface area contributed by atoms with Crippen molar-refractivity contribution in [2.75, 3.05) is 20.3 Å². The summed E-state index contributed by atoms with van der Waals surface area (Å²) in [6.07, 6.45) is 0. The van der Waals surface area contributed by atoms with Crippen LogP contribution in [0.4, 0.5) is 0 Å². The summed E-state index contributed by atoms with van der Waals surface area (Å²) in [6, 6.07) is 17.2. The Bertz CT molecular complexity index is 1310. The van der Waals surface area contributed by atoms with Gasteiger partial charge in [0.25, 0.3) is 0 Å². The smallest absolute Gasteiger partial charge is 0.240 e. The number of methoxy groups -OCH3 is 1. The first-order valence-corrected chi connectivity index (χ1v) is 11.5. The number of hydrogen-bond donors (Lipinski definition) is 1. The Kier molecular flexibility index (Phi) is 6.16. The number of benzene rings is 2. The van der Waals surface area contributed by atoms with Gasteiger partial charge in [0.15, 0.2) is 11.5 Å². The Morgan fingerprint density at radius 2 is 1.87 bits per heavy atom. The van der Waals surface area contributed by atoms with E-state index in [1.165, 1.54) is 12.1 Å². The summed E-state index contributed by atoms with van der Waals surface area (Å²) in [6.45, 7) is 0.188. The largest absolute Gasteiger partial charge is 0.497 e. The molecule has 2 heterocycles. The van der Waals surface area contributed by atoms with Gasteiger partial charge in [0.1, 0.15) is 12.4 Å². The van der Waals surface area contributed by atoms with Crippen LogP contribution in [0.15, 0.2) is 70.0 Å². The lowest BCUT2D eigenvalue weighted by Gasteiger charge is -2.09. The van der Waals surface area contributed by atoms with E-state index in [4.69, 9.17) is 9.47 Å².